The van der Waals surface area contributed by atoms with Gasteiger partial charge in [-0.1, -0.05) is 30.3 Å². The van der Waals surface area contributed by atoms with Crippen LogP contribution in [0.1, 0.15) is 16.8 Å². The second-order valence-corrected chi connectivity index (χ2v) is 5.49. The summed E-state index contributed by atoms with van der Waals surface area (Å²) in [4.78, 5) is 0. The quantitative estimate of drug-likeness (QED) is 0.733. The van der Waals surface area contributed by atoms with Gasteiger partial charge in [0.25, 0.3) is 0 Å². The van der Waals surface area contributed by atoms with Crippen LogP contribution in [0, 0.1) is 6.92 Å². The van der Waals surface area contributed by atoms with Crippen LogP contribution in [0.5, 0.6) is 5.75 Å². The van der Waals surface area contributed by atoms with E-state index in [1.807, 2.05) is 49.4 Å². The van der Waals surface area contributed by atoms with E-state index in [0.29, 0.717) is 13.2 Å². The molecule has 0 aliphatic rings. The number of H-pyrrole nitrogens is 1. The van der Waals surface area contributed by atoms with Gasteiger partial charge in [-0.05, 0) is 36.8 Å². The number of aromatic amines is 1. The smallest absolute Gasteiger partial charge is 0.119 e. The molecule has 0 saturated carbocycles. The third kappa shape index (κ3) is 3.60. The Balaban J connectivity index is 1.63. The maximum Gasteiger partial charge on any atom is 0.119 e. The highest BCUT2D eigenvalue weighted by Crippen LogP contribution is 2.25. The van der Waals surface area contributed by atoms with Gasteiger partial charge in [0.1, 0.15) is 5.75 Å². The van der Waals surface area contributed by atoms with Crippen LogP contribution in [0.15, 0.2) is 54.6 Å². The minimum absolute atomic E-state index is 0.479. The first-order valence-corrected chi connectivity index (χ1v) is 7.79. The maximum atomic E-state index is 5.81. The van der Waals surface area contributed by atoms with Gasteiger partial charge in [-0.2, -0.15) is 5.10 Å². The lowest BCUT2D eigenvalue weighted by Crippen LogP contribution is -2.01. The number of aryl methyl sites for hydroxylation is 1. The zero-order valence-electron chi connectivity index (χ0n) is 13.3. The molecule has 0 aliphatic carbocycles. The Morgan fingerprint density at radius 3 is 2.48 bits per heavy atom. The fourth-order valence-electron chi connectivity index (χ4n) is 2.58. The summed E-state index contributed by atoms with van der Waals surface area (Å²) in [5.74, 6) is 0.867. The number of ether oxygens (including phenoxy) is 1. The van der Waals surface area contributed by atoms with E-state index in [4.69, 9.17) is 10.5 Å². The van der Waals surface area contributed by atoms with Crippen molar-refractivity contribution in [2.45, 2.75) is 19.9 Å². The van der Waals surface area contributed by atoms with E-state index in [1.54, 1.807) is 0 Å². The third-order valence-electron chi connectivity index (χ3n) is 3.91. The molecule has 3 rings (SSSR count). The molecule has 23 heavy (non-hydrogen) atoms. The SMILES string of the molecule is Cc1[nH]nc(-c2ccc(OCCc3ccccc3)cc2)c1CN. The molecule has 0 spiro atoms. The number of nitrogens with zero attached hydrogens (tertiary/aromatic N) is 1. The average molecular weight is 307 g/mol. The van der Waals surface area contributed by atoms with Crippen LogP contribution in [0.2, 0.25) is 0 Å². The number of nitrogens with one attached hydrogen (secondary N) is 1. The van der Waals surface area contributed by atoms with Gasteiger partial charge in [-0.15, -0.1) is 0 Å². The molecule has 118 valence electrons. The van der Waals surface area contributed by atoms with E-state index in [0.717, 1.165) is 34.7 Å². The lowest BCUT2D eigenvalue weighted by Gasteiger charge is -2.07. The second kappa shape index (κ2) is 7.11. The highest BCUT2D eigenvalue weighted by Gasteiger charge is 2.10. The van der Waals surface area contributed by atoms with Crippen molar-refractivity contribution in [2.75, 3.05) is 6.61 Å². The zero-order chi connectivity index (χ0) is 16.1. The van der Waals surface area contributed by atoms with Gasteiger partial charge in [0, 0.05) is 29.8 Å². The third-order valence-corrected chi connectivity index (χ3v) is 3.91. The standard InChI is InChI=1S/C19H21N3O/c1-14-18(13-20)19(22-21-14)16-7-9-17(10-8-16)23-12-11-15-5-3-2-4-6-15/h2-10H,11-13,20H2,1H3,(H,21,22). The Kier molecular flexibility index (Phi) is 4.74. The van der Waals surface area contributed by atoms with E-state index < -0.39 is 0 Å². The molecule has 0 unspecified atom stereocenters. The molecule has 0 saturated heterocycles. The Morgan fingerprint density at radius 2 is 1.78 bits per heavy atom. The predicted molar refractivity (Wildman–Crippen MR) is 92.3 cm³/mol. The van der Waals surface area contributed by atoms with Gasteiger partial charge in [0.2, 0.25) is 0 Å². The maximum absolute atomic E-state index is 5.81. The van der Waals surface area contributed by atoms with Crippen LogP contribution in [0.3, 0.4) is 0 Å². The molecule has 1 aromatic heterocycles. The van der Waals surface area contributed by atoms with Crippen molar-refractivity contribution in [3.05, 3.63) is 71.4 Å². The Labute approximate surface area is 136 Å². The largest absolute Gasteiger partial charge is 0.493 e. The van der Waals surface area contributed by atoms with E-state index in [9.17, 15) is 0 Å². The minimum Gasteiger partial charge on any atom is -0.493 e. The number of hydrogen-bond donors (Lipinski definition) is 2. The molecular weight excluding hydrogens is 286 g/mol. The number of hydrogen-bond acceptors (Lipinski definition) is 3. The van der Waals surface area contributed by atoms with Gasteiger partial charge in [-0.3, -0.25) is 5.10 Å². The summed E-state index contributed by atoms with van der Waals surface area (Å²) in [6.45, 7) is 3.13. The average Bonchev–Trinajstić information content (AvgIpc) is 2.97. The van der Waals surface area contributed by atoms with E-state index >= 15 is 0 Å². The van der Waals surface area contributed by atoms with Crippen molar-refractivity contribution in [1.29, 1.82) is 0 Å². The number of aromatic nitrogens is 2. The second-order valence-electron chi connectivity index (χ2n) is 5.49. The molecule has 0 amide bonds. The summed E-state index contributed by atoms with van der Waals surface area (Å²) in [6, 6.07) is 18.3. The molecule has 0 radical (unpaired) electrons. The summed E-state index contributed by atoms with van der Waals surface area (Å²) in [5.41, 5.74) is 11.1. The van der Waals surface area contributed by atoms with Crippen LogP contribution >= 0.6 is 0 Å². The molecule has 0 atom stereocenters. The van der Waals surface area contributed by atoms with Crippen LogP contribution in [-0.4, -0.2) is 16.8 Å². The zero-order valence-corrected chi connectivity index (χ0v) is 13.3. The first-order chi connectivity index (χ1) is 11.3. The molecule has 3 N–H and O–H groups in total. The van der Waals surface area contributed by atoms with Crippen LogP contribution in [-0.2, 0) is 13.0 Å². The van der Waals surface area contributed by atoms with E-state index in [2.05, 4.69) is 22.3 Å². The molecule has 1 heterocycles. The van der Waals surface area contributed by atoms with Gasteiger partial charge in [-0.25, -0.2) is 0 Å². The lowest BCUT2D eigenvalue weighted by molar-refractivity contribution is 0.322. The van der Waals surface area contributed by atoms with Crippen molar-refractivity contribution in [2.24, 2.45) is 5.73 Å². The Bertz CT molecular complexity index is 748. The molecule has 2 aromatic carbocycles. The van der Waals surface area contributed by atoms with Gasteiger partial charge in [0.15, 0.2) is 0 Å². The van der Waals surface area contributed by atoms with Crippen molar-refractivity contribution in [1.82, 2.24) is 10.2 Å². The summed E-state index contributed by atoms with van der Waals surface area (Å²) in [5, 5.41) is 7.33. The summed E-state index contributed by atoms with van der Waals surface area (Å²) in [6.07, 6.45) is 0.901. The Hall–Kier alpha value is -2.59. The number of benzene rings is 2. The van der Waals surface area contributed by atoms with Gasteiger partial charge < -0.3 is 10.5 Å². The summed E-state index contributed by atoms with van der Waals surface area (Å²) >= 11 is 0. The molecular formula is C19H21N3O. The van der Waals surface area contributed by atoms with E-state index in [-0.39, 0.29) is 0 Å². The molecule has 3 aromatic rings. The van der Waals surface area contributed by atoms with Crippen LogP contribution < -0.4 is 10.5 Å². The highest BCUT2D eigenvalue weighted by molar-refractivity contribution is 5.64. The molecule has 0 fully saturated rings. The molecule has 0 bridgehead atoms. The van der Waals surface area contributed by atoms with Gasteiger partial charge in [0.05, 0.1) is 12.3 Å². The number of nitrogens with two attached hydrogens (primary N) is 1. The van der Waals surface area contributed by atoms with E-state index in [1.165, 1.54) is 5.56 Å². The normalized spacial score (nSPS) is 10.7. The molecule has 4 heteroatoms. The topological polar surface area (TPSA) is 63.9 Å². The Morgan fingerprint density at radius 1 is 1.04 bits per heavy atom. The minimum atomic E-state index is 0.479. The lowest BCUT2D eigenvalue weighted by atomic mass is 10.1. The van der Waals surface area contributed by atoms with Gasteiger partial charge >= 0.3 is 0 Å². The highest BCUT2D eigenvalue weighted by atomic mass is 16.5. The van der Waals surface area contributed by atoms with Crippen molar-refractivity contribution >= 4 is 0 Å². The summed E-state index contributed by atoms with van der Waals surface area (Å²) in [7, 11) is 0. The fraction of sp³-hybridized carbons (Fsp3) is 0.211. The van der Waals surface area contributed by atoms with Crippen molar-refractivity contribution < 1.29 is 4.74 Å². The fourth-order valence-corrected chi connectivity index (χ4v) is 2.58. The summed E-state index contributed by atoms with van der Waals surface area (Å²) < 4.78 is 5.81. The molecule has 4 nitrogen and oxygen atoms in total. The van der Waals surface area contributed by atoms with Crippen LogP contribution in [0.25, 0.3) is 11.3 Å². The number of rotatable bonds is 6. The first-order valence-electron chi connectivity index (χ1n) is 7.79. The van der Waals surface area contributed by atoms with Crippen molar-refractivity contribution in [3.8, 4) is 17.0 Å². The molecule has 0 aliphatic heterocycles. The predicted octanol–water partition coefficient (Wildman–Crippen LogP) is 3.47. The monoisotopic (exact) mass is 307 g/mol. The first kappa shape index (κ1) is 15.3. The van der Waals surface area contributed by atoms with Crippen LogP contribution in [0.4, 0.5) is 0 Å². The van der Waals surface area contributed by atoms with Crippen molar-refractivity contribution in [3.63, 3.8) is 0 Å².